The minimum atomic E-state index is -4.02. The van der Waals surface area contributed by atoms with Crippen LogP contribution in [-0.4, -0.2) is 45.9 Å². The molecule has 0 bridgehead atoms. The summed E-state index contributed by atoms with van der Waals surface area (Å²) in [4.78, 5) is 21.4. The largest absolute Gasteiger partial charge is 0.355 e. The zero-order valence-electron chi connectivity index (χ0n) is 12.9. The summed E-state index contributed by atoms with van der Waals surface area (Å²) in [5.41, 5.74) is -0.494. The molecule has 1 aromatic carbocycles. The number of carbonyl (C=O) groups excluding carboxylic acids is 1. The Kier molecular flexibility index (Phi) is 7.07. The molecule has 1 aromatic rings. The zero-order chi connectivity index (χ0) is 17.5. The highest BCUT2D eigenvalue weighted by molar-refractivity contribution is 7.89. The fraction of sp³-hybridized carbons (Fsp3) is 0.462. The Labute approximate surface area is 134 Å². The summed E-state index contributed by atoms with van der Waals surface area (Å²) in [6.45, 7) is 2.27. The number of sulfonamides is 1. The smallest absolute Gasteiger partial charge is 0.289 e. The van der Waals surface area contributed by atoms with Crippen LogP contribution < -0.4 is 15.4 Å². The highest BCUT2D eigenvalue weighted by atomic mass is 32.2. The number of nitro benzene ring substituents is 1. The zero-order valence-corrected chi connectivity index (χ0v) is 13.7. The van der Waals surface area contributed by atoms with E-state index in [0.29, 0.717) is 6.54 Å². The van der Waals surface area contributed by atoms with Crippen LogP contribution in [0.15, 0.2) is 29.2 Å². The van der Waals surface area contributed by atoms with Gasteiger partial charge in [-0.05, 0) is 13.1 Å². The van der Waals surface area contributed by atoms with Crippen molar-refractivity contribution in [1.29, 1.82) is 0 Å². The summed E-state index contributed by atoms with van der Waals surface area (Å²) in [5.74, 6) is -0.448. The minimum Gasteiger partial charge on any atom is -0.355 e. The molecule has 9 nitrogen and oxygen atoms in total. The molecule has 1 amide bonds. The number of nitro groups is 1. The van der Waals surface area contributed by atoms with Gasteiger partial charge in [-0.15, -0.1) is 0 Å². The van der Waals surface area contributed by atoms with E-state index >= 15 is 0 Å². The lowest BCUT2D eigenvalue weighted by Gasteiger charge is -2.12. The molecule has 1 atom stereocenters. The fourth-order valence-electron chi connectivity index (χ4n) is 1.86. The first kappa shape index (κ1) is 19.0. The summed E-state index contributed by atoms with van der Waals surface area (Å²) in [6.07, 6.45) is 0. The van der Waals surface area contributed by atoms with Crippen molar-refractivity contribution in [3.8, 4) is 0 Å². The van der Waals surface area contributed by atoms with E-state index in [4.69, 9.17) is 0 Å². The average Bonchev–Trinajstić information content (AvgIpc) is 2.51. The lowest BCUT2D eigenvalue weighted by Crippen LogP contribution is -2.39. The first-order valence-electron chi connectivity index (χ1n) is 6.95. The molecule has 0 aromatic heterocycles. The van der Waals surface area contributed by atoms with Gasteiger partial charge in [-0.3, -0.25) is 14.9 Å². The summed E-state index contributed by atoms with van der Waals surface area (Å²) >= 11 is 0. The summed E-state index contributed by atoms with van der Waals surface area (Å²) in [6, 6.07) is 5.08. The molecule has 128 valence electrons. The molecule has 0 heterocycles. The Morgan fingerprint density at radius 2 is 1.96 bits per heavy atom. The normalized spacial score (nSPS) is 12.6. The van der Waals surface area contributed by atoms with Gasteiger partial charge in [0.05, 0.1) is 4.92 Å². The van der Waals surface area contributed by atoms with Gasteiger partial charge in [-0.2, -0.15) is 0 Å². The molecule has 1 rings (SSSR count). The second kappa shape index (κ2) is 8.56. The Hall–Kier alpha value is -2.04. The number of hydrogen-bond donors (Lipinski definition) is 3. The minimum absolute atomic E-state index is 0.0631. The molecule has 0 fully saturated rings. The van der Waals surface area contributed by atoms with E-state index in [-0.39, 0.29) is 24.9 Å². The van der Waals surface area contributed by atoms with Crippen molar-refractivity contribution in [3.63, 3.8) is 0 Å². The molecule has 0 aliphatic heterocycles. The molecular formula is C13H20N4O5S. The van der Waals surface area contributed by atoms with E-state index < -0.39 is 25.5 Å². The maximum Gasteiger partial charge on any atom is 0.289 e. The van der Waals surface area contributed by atoms with Gasteiger partial charge in [-0.25, -0.2) is 13.1 Å². The van der Waals surface area contributed by atoms with Crippen LogP contribution in [0, 0.1) is 16.0 Å². The van der Waals surface area contributed by atoms with Crippen LogP contribution in [0.2, 0.25) is 0 Å². The van der Waals surface area contributed by atoms with Crippen molar-refractivity contribution in [2.45, 2.75) is 11.8 Å². The summed E-state index contributed by atoms with van der Waals surface area (Å²) < 4.78 is 26.4. The van der Waals surface area contributed by atoms with Crippen molar-refractivity contribution in [1.82, 2.24) is 15.4 Å². The maximum atomic E-state index is 12.1. The van der Waals surface area contributed by atoms with E-state index in [1.807, 2.05) is 0 Å². The predicted molar refractivity (Wildman–Crippen MR) is 84.4 cm³/mol. The van der Waals surface area contributed by atoms with Gasteiger partial charge >= 0.3 is 0 Å². The highest BCUT2D eigenvalue weighted by Gasteiger charge is 2.24. The van der Waals surface area contributed by atoms with E-state index in [0.717, 1.165) is 12.1 Å². The van der Waals surface area contributed by atoms with E-state index in [1.54, 1.807) is 14.0 Å². The number of para-hydroxylation sites is 1. The van der Waals surface area contributed by atoms with Crippen molar-refractivity contribution in [2.24, 2.45) is 5.92 Å². The molecule has 0 saturated heterocycles. The Balaban J connectivity index is 2.61. The second-order valence-electron chi connectivity index (χ2n) is 4.87. The van der Waals surface area contributed by atoms with Gasteiger partial charge in [0, 0.05) is 31.6 Å². The van der Waals surface area contributed by atoms with Crippen LogP contribution >= 0.6 is 0 Å². The highest BCUT2D eigenvalue weighted by Crippen LogP contribution is 2.22. The summed E-state index contributed by atoms with van der Waals surface area (Å²) in [7, 11) is -2.29. The quantitative estimate of drug-likeness (QED) is 0.324. The van der Waals surface area contributed by atoms with Gasteiger partial charge in [0.25, 0.3) is 5.69 Å². The van der Waals surface area contributed by atoms with E-state index in [1.165, 1.54) is 12.1 Å². The first-order valence-corrected chi connectivity index (χ1v) is 8.43. The number of amides is 1. The average molecular weight is 344 g/mol. The molecule has 10 heteroatoms. The van der Waals surface area contributed by atoms with Crippen LogP contribution in [0.4, 0.5) is 5.69 Å². The van der Waals surface area contributed by atoms with Crippen LogP contribution in [0.5, 0.6) is 0 Å². The third-order valence-electron chi connectivity index (χ3n) is 3.03. The molecule has 3 N–H and O–H groups in total. The molecule has 0 aliphatic carbocycles. The predicted octanol–water partition coefficient (Wildman–Crippen LogP) is -0.155. The van der Waals surface area contributed by atoms with Crippen molar-refractivity contribution in [3.05, 3.63) is 34.4 Å². The van der Waals surface area contributed by atoms with Gasteiger partial charge in [0.2, 0.25) is 15.9 Å². The third kappa shape index (κ3) is 5.58. The van der Waals surface area contributed by atoms with E-state index in [2.05, 4.69) is 15.4 Å². The third-order valence-corrected chi connectivity index (χ3v) is 4.53. The first-order chi connectivity index (χ1) is 10.8. The molecule has 1 unspecified atom stereocenters. The lowest BCUT2D eigenvalue weighted by molar-refractivity contribution is -0.387. The number of benzene rings is 1. The van der Waals surface area contributed by atoms with Gasteiger partial charge in [0.1, 0.15) is 0 Å². The lowest BCUT2D eigenvalue weighted by atomic mass is 10.1. The molecule has 0 radical (unpaired) electrons. The summed E-state index contributed by atoms with van der Waals surface area (Å²) in [5, 5.41) is 16.3. The molecule has 0 spiro atoms. The van der Waals surface area contributed by atoms with Crippen molar-refractivity contribution >= 4 is 21.6 Å². The van der Waals surface area contributed by atoms with Gasteiger partial charge in [-0.1, -0.05) is 19.1 Å². The van der Waals surface area contributed by atoms with Crippen LogP contribution in [0.1, 0.15) is 6.92 Å². The monoisotopic (exact) mass is 344 g/mol. The molecule has 0 saturated carbocycles. The standard InChI is InChI=1S/C13H20N4O5S/c1-10(9-14-2)13(18)15-7-8-16-23(21,22)12-6-4-3-5-11(12)17(19)20/h3-6,10,14,16H,7-9H2,1-2H3,(H,15,18). The van der Waals surface area contributed by atoms with Crippen LogP contribution in [-0.2, 0) is 14.8 Å². The van der Waals surface area contributed by atoms with E-state index in [9.17, 15) is 23.3 Å². The van der Waals surface area contributed by atoms with Crippen LogP contribution in [0.3, 0.4) is 0 Å². The molecule has 0 aliphatic rings. The Bertz CT molecular complexity index is 662. The Morgan fingerprint density at radius 3 is 2.57 bits per heavy atom. The number of carbonyl (C=O) groups is 1. The Morgan fingerprint density at radius 1 is 1.30 bits per heavy atom. The number of nitrogens with one attached hydrogen (secondary N) is 3. The maximum absolute atomic E-state index is 12.1. The number of hydrogen-bond acceptors (Lipinski definition) is 6. The number of nitrogens with zero attached hydrogens (tertiary/aromatic N) is 1. The van der Waals surface area contributed by atoms with Gasteiger partial charge < -0.3 is 10.6 Å². The van der Waals surface area contributed by atoms with Crippen LogP contribution in [0.25, 0.3) is 0 Å². The second-order valence-corrected chi connectivity index (χ2v) is 6.61. The SMILES string of the molecule is CNCC(C)C(=O)NCCNS(=O)(=O)c1ccccc1[N+](=O)[O-]. The fourth-order valence-corrected chi connectivity index (χ4v) is 3.06. The van der Waals surface area contributed by atoms with Crippen molar-refractivity contribution < 1.29 is 18.1 Å². The molecular weight excluding hydrogens is 324 g/mol. The van der Waals surface area contributed by atoms with Crippen molar-refractivity contribution in [2.75, 3.05) is 26.7 Å². The number of rotatable bonds is 9. The molecule has 23 heavy (non-hydrogen) atoms. The van der Waals surface area contributed by atoms with Gasteiger partial charge in [0.15, 0.2) is 4.90 Å². The topological polar surface area (TPSA) is 130 Å².